The number of hydrogen-bond donors (Lipinski definition) is 0. The molecule has 1 unspecified atom stereocenters. The summed E-state index contributed by atoms with van der Waals surface area (Å²) in [5.41, 5.74) is 1.07. The largest absolute Gasteiger partial charge is 0.328 e. The van der Waals surface area contributed by atoms with E-state index in [0.29, 0.717) is 10.8 Å². The predicted molar refractivity (Wildman–Crippen MR) is 90.9 cm³/mol. The highest BCUT2D eigenvalue weighted by Gasteiger charge is 2.29. The number of quaternary nitrogens is 1. The zero-order chi connectivity index (χ0) is 15.4. The summed E-state index contributed by atoms with van der Waals surface area (Å²) in [4.78, 5) is 0. The van der Waals surface area contributed by atoms with E-state index in [2.05, 4.69) is 48.8 Å². The molecule has 0 aromatic heterocycles. The van der Waals surface area contributed by atoms with Crippen molar-refractivity contribution in [3.8, 4) is 0 Å². The van der Waals surface area contributed by atoms with Gasteiger partial charge in [0.15, 0.2) is 0 Å². The molecule has 0 N–H and O–H groups in total. The van der Waals surface area contributed by atoms with Crippen molar-refractivity contribution in [1.82, 2.24) is 0 Å². The van der Waals surface area contributed by atoms with Crippen molar-refractivity contribution < 1.29 is 4.48 Å². The molecule has 0 heterocycles. The summed E-state index contributed by atoms with van der Waals surface area (Å²) >= 11 is 0. The number of hydrogen-bond acceptors (Lipinski definition) is 0. The fourth-order valence-electron chi connectivity index (χ4n) is 3.56. The van der Waals surface area contributed by atoms with Crippen LogP contribution < -0.4 is 0 Å². The van der Waals surface area contributed by atoms with Crippen molar-refractivity contribution in [3.05, 3.63) is 0 Å². The number of rotatable bonds is 1. The normalized spacial score (nSPS) is 29.2. The minimum Gasteiger partial charge on any atom is -0.328 e. The molecule has 0 bridgehead atoms. The average Bonchev–Trinajstić information content (AvgIpc) is 2.27. The molecule has 1 saturated carbocycles. The molecule has 1 fully saturated rings. The van der Waals surface area contributed by atoms with Crippen LogP contribution in [0.1, 0.15) is 85.5 Å². The smallest absolute Gasteiger partial charge is 0.0884 e. The van der Waals surface area contributed by atoms with Crippen molar-refractivity contribution in [2.24, 2.45) is 10.8 Å². The molecule has 1 aliphatic carbocycles. The highest BCUT2D eigenvalue weighted by Crippen LogP contribution is 2.38. The predicted octanol–water partition coefficient (Wildman–Crippen LogP) is 5.64. The van der Waals surface area contributed by atoms with Crippen LogP contribution >= 0.6 is 0 Å². The van der Waals surface area contributed by atoms with Gasteiger partial charge in [-0.1, -0.05) is 40.5 Å². The maximum atomic E-state index is 2.49. The van der Waals surface area contributed by atoms with Gasteiger partial charge in [-0.2, -0.15) is 0 Å². The average molecular weight is 283 g/mol. The van der Waals surface area contributed by atoms with Crippen molar-refractivity contribution in [1.29, 1.82) is 0 Å². The first kappa shape index (κ1) is 18.0. The third-order valence-corrected chi connectivity index (χ3v) is 5.62. The van der Waals surface area contributed by atoms with Gasteiger partial charge in [0.1, 0.15) is 0 Å². The van der Waals surface area contributed by atoms with Crippen LogP contribution in [0.5, 0.6) is 0 Å². The molecule has 1 atom stereocenters. The van der Waals surface area contributed by atoms with Gasteiger partial charge < -0.3 is 4.48 Å². The lowest BCUT2D eigenvalue weighted by atomic mass is 9.73. The van der Waals surface area contributed by atoms with Gasteiger partial charge in [0.25, 0.3) is 0 Å². The Balaban J connectivity index is 2.70. The summed E-state index contributed by atoms with van der Waals surface area (Å²) < 4.78 is 1.14. The Labute approximate surface area is 128 Å². The Morgan fingerprint density at radius 1 is 0.650 bits per heavy atom. The molecule has 0 aliphatic heterocycles. The molecule has 0 saturated heterocycles. The maximum absolute atomic E-state index is 2.49. The fourth-order valence-corrected chi connectivity index (χ4v) is 3.56. The summed E-state index contributed by atoms with van der Waals surface area (Å²) in [6.07, 6.45) is 12.7. The van der Waals surface area contributed by atoms with Gasteiger partial charge in [-0.05, 0) is 55.8 Å². The third-order valence-electron chi connectivity index (χ3n) is 5.62. The van der Waals surface area contributed by atoms with E-state index in [1.54, 1.807) is 0 Å². The van der Waals surface area contributed by atoms with E-state index in [0.717, 1.165) is 10.5 Å². The van der Waals surface area contributed by atoms with E-state index in [9.17, 15) is 0 Å². The van der Waals surface area contributed by atoms with E-state index < -0.39 is 0 Å². The van der Waals surface area contributed by atoms with E-state index in [4.69, 9.17) is 0 Å². The second kappa shape index (κ2) is 6.81. The minimum atomic E-state index is 0.518. The molecule has 0 aromatic carbocycles. The number of nitrogens with zero attached hydrogens (tertiary/aromatic N) is 1. The van der Waals surface area contributed by atoms with Crippen LogP contribution in [0.2, 0.25) is 0 Å². The van der Waals surface area contributed by atoms with Crippen LogP contribution in [-0.4, -0.2) is 31.7 Å². The monoisotopic (exact) mass is 282 g/mol. The molecule has 1 aliphatic rings. The van der Waals surface area contributed by atoms with Crippen LogP contribution in [0, 0.1) is 10.8 Å². The van der Waals surface area contributed by atoms with Crippen molar-refractivity contribution in [2.45, 2.75) is 91.5 Å². The lowest BCUT2D eigenvalue weighted by molar-refractivity contribution is -0.897. The van der Waals surface area contributed by atoms with E-state index >= 15 is 0 Å². The molecular formula is C19H40N+. The van der Waals surface area contributed by atoms with Crippen LogP contribution in [0.25, 0.3) is 0 Å². The molecule has 0 radical (unpaired) electrons. The standard InChI is InChI=1S/C19H40N/c1-18(2)13-10-8-9-11-17(20(5,6)7)12-14-19(3,4)16-15-18/h17H,8-16H2,1-7H3/q+1. The van der Waals surface area contributed by atoms with Gasteiger partial charge in [0.05, 0.1) is 27.2 Å². The van der Waals surface area contributed by atoms with Crippen molar-refractivity contribution >= 4 is 0 Å². The lowest BCUT2D eigenvalue weighted by Crippen LogP contribution is -2.45. The van der Waals surface area contributed by atoms with E-state index in [-0.39, 0.29) is 0 Å². The first-order valence-electron chi connectivity index (χ1n) is 8.83. The van der Waals surface area contributed by atoms with Gasteiger partial charge >= 0.3 is 0 Å². The molecule has 1 nitrogen and oxygen atoms in total. The lowest BCUT2D eigenvalue weighted by Gasteiger charge is -2.38. The van der Waals surface area contributed by atoms with Crippen molar-refractivity contribution in [3.63, 3.8) is 0 Å². The van der Waals surface area contributed by atoms with Crippen LogP contribution in [0.3, 0.4) is 0 Å². The van der Waals surface area contributed by atoms with E-state index in [1.807, 2.05) is 0 Å². The quantitative estimate of drug-likeness (QED) is 0.546. The topological polar surface area (TPSA) is 0 Å². The molecular weight excluding hydrogens is 242 g/mol. The fraction of sp³-hybridized carbons (Fsp3) is 1.00. The first-order valence-corrected chi connectivity index (χ1v) is 8.83. The molecule has 0 amide bonds. The van der Waals surface area contributed by atoms with Crippen LogP contribution in [0.4, 0.5) is 0 Å². The minimum absolute atomic E-state index is 0.518. The van der Waals surface area contributed by atoms with Gasteiger partial charge in [-0.15, -0.1) is 0 Å². The second-order valence-corrected chi connectivity index (χ2v) is 9.74. The summed E-state index contributed by atoms with van der Waals surface area (Å²) in [5.74, 6) is 0. The summed E-state index contributed by atoms with van der Waals surface area (Å²) in [5, 5.41) is 0. The van der Waals surface area contributed by atoms with Gasteiger partial charge in [-0.3, -0.25) is 0 Å². The Bertz CT molecular complexity index is 283. The third kappa shape index (κ3) is 6.61. The van der Waals surface area contributed by atoms with Crippen molar-refractivity contribution in [2.75, 3.05) is 21.1 Å². The van der Waals surface area contributed by atoms with Crippen LogP contribution in [-0.2, 0) is 0 Å². The summed E-state index contributed by atoms with van der Waals surface area (Å²) in [7, 11) is 7.14. The zero-order valence-corrected chi connectivity index (χ0v) is 15.4. The second-order valence-electron chi connectivity index (χ2n) is 9.74. The van der Waals surface area contributed by atoms with Gasteiger partial charge in [0, 0.05) is 0 Å². The Kier molecular flexibility index (Phi) is 6.14. The Hall–Kier alpha value is -0.0400. The molecule has 1 heteroatoms. The van der Waals surface area contributed by atoms with Crippen LogP contribution in [0.15, 0.2) is 0 Å². The zero-order valence-electron chi connectivity index (χ0n) is 15.4. The molecule has 20 heavy (non-hydrogen) atoms. The Morgan fingerprint density at radius 2 is 1.20 bits per heavy atom. The SMILES string of the molecule is CC1(C)CCCCCC([N+](C)(C)C)CCC(C)(C)CC1. The van der Waals surface area contributed by atoms with E-state index in [1.165, 1.54) is 57.8 Å². The van der Waals surface area contributed by atoms with Gasteiger partial charge in [-0.25, -0.2) is 0 Å². The molecule has 0 spiro atoms. The molecule has 0 aromatic rings. The summed E-state index contributed by atoms with van der Waals surface area (Å²) in [6.45, 7) is 9.93. The first-order chi connectivity index (χ1) is 9.02. The summed E-state index contributed by atoms with van der Waals surface area (Å²) in [6, 6.07) is 0.849. The highest BCUT2D eigenvalue weighted by molar-refractivity contribution is 4.78. The highest BCUT2D eigenvalue weighted by atomic mass is 15.3. The Morgan fingerprint density at radius 3 is 1.75 bits per heavy atom. The molecule has 1 rings (SSSR count). The molecule has 120 valence electrons. The maximum Gasteiger partial charge on any atom is 0.0884 e. The van der Waals surface area contributed by atoms with Gasteiger partial charge in [0.2, 0.25) is 0 Å².